The molecule has 0 saturated heterocycles. The van der Waals surface area contributed by atoms with Gasteiger partial charge in [0.1, 0.15) is 0 Å². The molecule has 0 saturated carbocycles. The fourth-order valence-electron chi connectivity index (χ4n) is 10.6. The lowest BCUT2D eigenvalue weighted by molar-refractivity contribution is 0.754. The van der Waals surface area contributed by atoms with Crippen LogP contribution in [0.3, 0.4) is 0 Å². The van der Waals surface area contributed by atoms with E-state index in [0.29, 0.717) is 34.9 Å². The molecule has 0 radical (unpaired) electrons. The fraction of sp³-hybridized carbons (Fsp3) is 0.0323. The molecule has 3 heterocycles. The van der Waals surface area contributed by atoms with Crippen LogP contribution >= 0.6 is 11.3 Å². The molecule has 2 unspecified atom stereocenters. The van der Waals surface area contributed by atoms with Crippen LogP contribution in [0.5, 0.6) is 0 Å². The van der Waals surface area contributed by atoms with Crippen LogP contribution in [-0.4, -0.2) is 29.9 Å². The Labute approximate surface area is 402 Å². The van der Waals surface area contributed by atoms with E-state index >= 15 is 0 Å². The standard InChI is InChI=1S/C62H38N6S/c1-4-16-37(17-5-1)57-63-58(38-18-6-2-7-19-38)66-61(65-57)42-30-32-47-50(35-42)54-45-24-10-11-25-46(45)55(47)51-36-43(31-33-48(51)54)62-67-59(39-20-8-3-9-21-39)64-60(68-62)41-23-14-22-40(34-41)44-27-15-29-53-56(44)49-26-12-13-28-52(49)69-53/h1-36,54-55H. The highest BCUT2D eigenvalue weighted by Gasteiger charge is 2.41. The summed E-state index contributed by atoms with van der Waals surface area (Å²) in [5.41, 5.74) is 15.8. The number of thiophene rings is 1. The van der Waals surface area contributed by atoms with Crippen molar-refractivity contribution in [1.82, 2.24) is 29.9 Å². The van der Waals surface area contributed by atoms with Gasteiger partial charge in [-0.25, -0.2) is 29.9 Å². The topological polar surface area (TPSA) is 77.3 Å². The van der Waals surface area contributed by atoms with E-state index in [9.17, 15) is 0 Å². The molecule has 69 heavy (non-hydrogen) atoms. The highest BCUT2D eigenvalue weighted by Crippen LogP contribution is 2.56. The van der Waals surface area contributed by atoms with Gasteiger partial charge in [-0.05, 0) is 74.8 Å². The van der Waals surface area contributed by atoms with Gasteiger partial charge in [-0.1, -0.05) is 188 Å². The Morgan fingerprint density at radius 1 is 0.261 bits per heavy atom. The summed E-state index contributed by atoms with van der Waals surface area (Å²) in [7, 11) is 0. The fourth-order valence-corrected chi connectivity index (χ4v) is 11.8. The van der Waals surface area contributed by atoms with E-state index in [-0.39, 0.29) is 11.8 Å². The van der Waals surface area contributed by atoms with E-state index in [1.165, 1.54) is 59.1 Å². The van der Waals surface area contributed by atoms with E-state index in [0.717, 1.165) is 38.9 Å². The Balaban J connectivity index is 0.886. The summed E-state index contributed by atoms with van der Waals surface area (Å²) in [6.07, 6.45) is 0. The first-order chi connectivity index (χ1) is 34.2. The molecule has 3 aliphatic carbocycles. The maximum atomic E-state index is 5.30. The second-order valence-electron chi connectivity index (χ2n) is 17.8. The Bertz CT molecular complexity index is 3920. The number of rotatable bonds is 7. The predicted molar refractivity (Wildman–Crippen MR) is 279 cm³/mol. The van der Waals surface area contributed by atoms with Gasteiger partial charge in [-0.15, -0.1) is 11.3 Å². The van der Waals surface area contributed by atoms with Gasteiger partial charge in [-0.2, -0.15) is 0 Å². The van der Waals surface area contributed by atoms with Crippen molar-refractivity contribution in [3.05, 3.63) is 252 Å². The molecular weight excluding hydrogens is 861 g/mol. The van der Waals surface area contributed by atoms with Crippen LogP contribution in [0.4, 0.5) is 0 Å². The maximum absolute atomic E-state index is 5.30. The van der Waals surface area contributed by atoms with Gasteiger partial charge < -0.3 is 0 Å². The van der Waals surface area contributed by atoms with E-state index < -0.39 is 0 Å². The first-order valence-corrected chi connectivity index (χ1v) is 24.1. The van der Waals surface area contributed by atoms with Gasteiger partial charge in [0.2, 0.25) is 0 Å². The van der Waals surface area contributed by atoms with Crippen molar-refractivity contribution in [2.24, 2.45) is 0 Å². The molecule has 0 aliphatic heterocycles. The van der Waals surface area contributed by atoms with Crippen LogP contribution in [0.25, 0.3) is 99.6 Å². The number of benzene rings is 9. The van der Waals surface area contributed by atoms with Gasteiger partial charge in [0.15, 0.2) is 34.9 Å². The molecule has 2 atom stereocenters. The summed E-state index contributed by atoms with van der Waals surface area (Å²) >= 11 is 1.84. The summed E-state index contributed by atoms with van der Waals surface area (Å²) < 4.78 is 2.56. The van der Waals surface area contributed by atoms with Crippen molar-refractivity contribution in [3.8, 4) is 79.5 Å². The second-order valence-corrected chi connectivity index (χ2v) is 18.8. The summed E-state index contributed by atoms with van der Waals surface area (Å²) in [4.78, 5) is 30.8. The lowest BCUT2D eigenvalue weighted by Crippen LogP contribution is -2.27. The normalized spacial score (nSPS) is 14.4. The van der Waals surface area contributed by atoms with Gasteiger partial charge in [0.05, 0.1) is 0 Å². The minimum absolute atomic E-state index is 0.0193. The van der Waals surface area contributed by atoms with E-state index in [2.05, 4.69) is 164 Å². The maximum Gasteiger partial charge on any atom is 0.164 e. The zero-order valence-corrected chi connectivity index (χ0v) is 37.8. The summed E-state index contributed by atoms with van der Waals surface area (Å²) in [5, 5.41) is 2.55. The van der Waals surface area contributed by atoms with Crippen LogP contribution in [-0.2, 0) is 0 Å². The van der Waals surface area contributed by atoms with Crippen molar-refractivity contribution in [1.29, 1.82) is 0 Å². The molecule has 15 rings (SSSR count). The largest absolute Gasteiger partial charge is 0.208 e. The molecule has 322 valence electrons. The highest BCUT2D eigenvalue weighted by atomic mass is 32.1. The zero-order chi connectivity index (χ0) is 45.4. The van der Waals surface area contributed by atoms with E-state index in [1.807, 2.05) is 65.9 Å². The number of fused-ring (bicyclic) bond motifs is 3. The third-order valence-corrected chi connectivity index (χ3v) is 14.9. The minimum atomic E-state index is 0.0193. The van der Waals surface area contributed by atoms with Crippen LogP contribution in [0.1, 0.15) is 45.2 Å². The Kier molecular flexibility index (Phi) is 9.10. The van der Waals surface area contributed by atoms with Crippen molar-refractivity contribution < 1.29 is 0 Å². The highest BCUT2D eigenvalue weighted by molar-refractivity contribution is 7.25. The van der Waals surface area contributed by atoms with Gasteiger partial charge in [-0.3, -0.25) is 0 Å². The average Bonchev–Trinajstić information content (AvgIpc) is 3.82. The Hall–Kier alpha value is -8.78. The van der Waals surface area contributed by atoms with Gasteiger partial charge in [0.25, 0.3) is 0 Å². The molecule has 0 N–H and O–H groups in total. The molecule has 3 aliphatic rings. The molecule has 3 aromatic heterocycles. The molecule has 0 amide bonds. The van der Waals surface area contributed by atoms with Gasteiger partial charge >= 0.3 is 0 Å². The lowest BCUT2D eigenvalue weighted by Gasteiger charge is -2.42. The Morgan fingerprint density at radius 2 is 0.638 bits per heavy atom. The van der Waals surface area contributed by atoms with Crippen LogP contribution in [0.2, 0.25) is 0 Å². The van der Waals surface area contributed by atoms with E-state index in [4.69, 9.17) is 29.9 Å². The summed E-state index contributed by atoms with van der Waals surface area (Å²) in [5.74, 6) is 3.90. The molecule has 0 spiro atoms. The minimum Gasteiger partial charge on any atom is -0.208 e. The molecule has 7 heteroatoms. The first-order valence-electron chi connectivity index (χ1n) is 23.3. The van der Waals surface area contributed by atoms with Crippen molar-refractivity contribution >= 4 is 31.5 Å². The number of aromatic nitrogens is 6. The third kappa shape index (κ3) is 6.61. The second kappa shape index (κ2) is 15.9. The molecule has 12 aromatic rings. The zero-order valence-electron chi connectivity index (χ0n) is 37.0. The number of hydrogen-bond acceptors (Lipinski definition) is 7. The van der Waals surface area contributed by atoms with Crippen molar-refractivity contribution in [2.75, 3.05) is 0 Å². The van der Waals surface area contributed by atoms with Crippen molar-refractivity contribution in [2.45, 2.75) is 11.8 Å². The summed E-state index contributed by atoms with van der Waals surface area (Å²) in [6.45, 7) is 0. The smallest absolute Gasteiger partial charge is 0.164 e. The number of hydrogen-bond donors (Lipinski definition) is 0. The lowest BCUT2D eigenvalue weighted by atomic mass is 9.61. The molecule has 0 fully saturated rings. The van der Waals surface area contributed by atoms with E-state index in [1.54, 1.807) is 0 Å². The molecular formula is C62H38N6S. The predicted octanol–water partition coefficient (Wildman–Crippen LogP) is 15.1. The number of nitrogens with zero attached hydrogens (tertiary/aromatic N) is 6. The monoisotopic (exact) mass is 898 g/mol. The quantitative estimate of drug-likeness (QED) is 0.159. The van der Waals surface area contributed by atoms with Crippen LogP contribution < -0.4 is 0 Å². The molecule has 6 nitrogen and oxygen atoms in total. The summed E-state index contributed by atoms with van der Waals surface area (Å²) in [6, 6.07) is 77.0. The average molecular weight is 899 g/mol. The van der Waals surface area contributed by atoms with Gasteiger partial charge in [0, 0.05) is 65.4 Å². The molecule has 9 aromatic carbocycles. The van der Waals surface area contributed by atoms with Crippen LogP contribution in [0, 0.1) is 0 Å². The first kappa shape index (κ1) is 39.4. The Morgan fingerprint density at radius 3 is 1.16 bits per heavy atom. The molecule has 2 bridgehead atoms. The third-order valence-electron chi connectivity index (χ3n) is 13.8. The SMILES string of the molecule is c1ccc(-c2nc(-c3ccccc3)nc(-c3ccc4c(c3)C3c5ccccc5C4c4cc(-c5nc(-c6ccccc6)nc(-c6cccc(-c7cccc8sc9ccccc9c78)c6)n5)ccc43)n2)cc1. The van der Waals surface area contributed by atoms with Crippen LogP contribution in [0.15, 0.2) is 218 Å². The van der Waals surface area contributed by atoms with Crippen molar-refractivity contribution in [3.63, 3.8) is 0 Å².